The number of rotatable bonds is 5. The van der Waals surface area contributed by atoms with Crippen LogP contribution in [-0.2, 0) is 16.0 Å². The number of hydrogen-bond acceptors (Lipinski definition) is 2. The molecule has 0 aliphatic rings. The van der Waals surface area contributed by atoms with Crippen molar-refractivity contribution in [2.24, 2.45) is 5.92 Å². The number of anilines is 1. The molecule has 1 N–H and O–H groups in total. The van der Waals surface area contributed by atoms with Gasteiger partial charge in [-0.15, -0.1) is 0 Å². The number of ketones is 1. The molecule has 0 bridgehead atoms. The van der Waals surface area contributed by atoms with Crippen LogP contribution in [0.1, 0.15) is 23.6 Å². The standard InChI is InChI=1S/C19H20ClNO2/c1-12-7-8-17(9-13(12)2)21-19(23)18(14(3)22)11-15-5-4-6-16(20)10-15/h4-10,18H,11H2,1-3H3,(H,21,23)/t18-/m0/s1. The van der Waals surface area contributed by atoms with E-state index in [1.54, 1.807) is 12.1 Å². The quantitative estimate of drug-likeness (QED) is 0.829. The number of carbonyl (C=O) groups is 2. The second kappa shape index (κ2) is 7.42. The first kappa shape index (κ1) is 17.2. The summed E-state index contributed by atoms with van der Waals surface area (Å²) in [5, 5.41) is 3.43. The summed E-state index contributed by atoms with van der Waals surface area (Å²) in [7, 11) is 0. The van der Waals surface area contributed by atoms with Crippen molar-refractivity contribution in [2.45, 2.75) is 27.2 Å². The van der Waals surface area contributed by atoms with Crippen LogP contribution in [0.25, 0.3) is 0 Å². The molecule has 1 atom stereocenters. The minimum absolute atomic E-state index is 0.161. The Morgan fingerprint density at radius 2 is 1.83 bits per heavy atom. The van der Waals surface area contributed by atoms with Crippen LogP contribution in [0.4, 0.5) is 5.69 Å². The maximum Gasteiger partial charge on any atom is 0.235 e. The largest absolute Gasteiger partial charge is 0.325 e. The van der Waals surface area contributed by atoms with Gasteiger partial charge < -0.3 is 5.32 Å². The highest BCUT2D eigenvalue weighted by Crippen LogP contribution is 2.19. The molecule has 0 spiro atoms. The Bertz CT molecular complexity index is 740. The van der Waals surface area contributed by atoms with E-state index >= 15 is 0 Å². The van der Waals surface area contributed by atoms with Gasteiger partial charge in [0.1, 0.15) is 11.7 Å². The first-order valence-electron chi connectivity index (χ1n) is 7.50. The van der Waals surface area contributed by atoms with Gasteiger partial charge in [-0.1, -0.05) is 29.8 Å². The molecule has 0 aliphatic heterocycles. The van der Waals surface area contributed by atoms with E-state index in [0.29, 0.717) is 17.1 Å². The molecular weight excluding hydrogens is 310 g/mol. The molecule has 0 heterocycles. The van der Waals surface area contributed by atoms with Crippen LogP contribution in [0.2, 0.25) is 5.02 Å². The van der Waals surface area contributed by atoms with Crippen LogP contribution >= 0.6 is 11.6 Å². The number of carbonyl (C=O) groups excluding carboxylic acids is 2. The second-order valence-corrected chi connectivity index (χ2v) is 6.22. The van der Waals surface area contributed by atoms with Crippen molar-refractivity contribution < 1.29 is 9.59 Å². The Kier molecular flexibility index (Phi) is 5.56. The number of nitrogens with one attached hydrogen (secondary N) is 1. The van der Waals surface area contributed by atoms with E-state index < -0.39 is 5.92 Å². The summed E-state index contributed by atoms with van der Waals surface area (Å²) < 4.78 is 0. The molecule has 0 aliphatic carbocycles. The van der Waals surface area contributed by atoms with Crippen LogP contribution in [-0.4, -0.2) is 11.7 Å². The van der Waals surface area contributed by atoms with Crippen molar-refractivity contribution in [1.29, 1.82) is 0 Å². The molecule has 3 nitrogen and oxygen atoms in total. The Morgan fingerprint density at radius 3 is 2.43 bits per heavy atom. The lowest BCUT2D eigenvalue weighted by Gasteiger charge is -2.15. The molecule has 0 unspecified atom stereocenters. The van der Waals surface area contributed by atoms with Crippen LogP contribution < -0.4 is 5.32 Å². The van der Waals surface area contributed by atoms with Crippen LogP contribution in [0.15, 0.2) is 42.5 Å². The average molecular weight is 330 g/mol. The van der Waals surface area contributed by atoms with E-state index in [1.165, 1.54) is 6.92 Å². The van der Waals surface area contributed by atoms with E-state index in [1.807, 2.05) is 44.2 Å². The molecule has 1 amide bonds. The van der Waals surface area contributed by atoms with Crippen LogP contribution in [0.5, 0.6) is 0 Å². The molecule has 4 heteroatoms. The zero-order valence-corrected chi connectivity index (χ0v) is 14.3. The third kappa shape index (κ3) is 4.67. The van der Waals surface area contributed by atoms with Crippen molar-refractivity contribution >= 4 is 29.0 Å². The fraction of sp³-hybridized carbons (Fsp3) is 0.263. The SMILES string of the molecule is CC(=O)[C@H](Cc1cccc(Cl)c1)C(=O)Nc1ccc(C)c(C)c1. The average Bonchev–Trinajstić information content (AvgIpc) is 2.48. The first-order chi connectivity index (χ1) is 10.9. The number of benzene rings is 2. The lowest BCUT2D eigenvalue weighted by atomic mass is 9.95. The minimum Gasteiger partial charge on any atom is -0.325 e. The summed E-state index contributed by atoms with van der Waals surface area (Å²) in [6, 6.07) is 12.9. The predicted octanol–water partition coefficient (Wildman–Crippen LogP) is 4.34. The van der Waals surface area contributed by atoms with E-state index in [-0.39, 0.29) is 11.7 Å². The van der Waals surface area contributed by atoms with E-state index in [4.69, 9.17) is 11.6 Å². The van der Waals surface area contributed by atoms with Gasteiger partial charge in [-0.2, -0.15) is 0 Å². The van der Waals surface area contributed by atoms with E-state index in [0.717, 1.165) is 16.7 Å². The molecule has 0 saturated carbocycles. The summed E-state index contributed by atoms with van der Waals surface area (Å²) in [5.41, 5.74) is 3.82. The number of hydrogen-bond donors (Lipinski definition) is 1. The monoisotopic (exact) mass is 329 g/mol. The molecular formula is C19H20ClNO2. The van der Waals surface area contributed by atoms with Gasteiger partial charge in [-0.3, -0.25) is 9.59 Å². The summed E-state index contributed by atoms with van der Waals surface area (Å²) in [6.07, 6.45) is 0.340. The van der Waals surface area contributed by atoms with Crippen molar-refractivity contribution in [3.63, 3.8) is 0 Å². The summed E-state index contributed by atoms with van der Waals surface area (Å²) in [4.78, 5) is 24.4. The Morgan fingerprint density at radius 1 is 1.09 bits per heavy atom. The van der Waals surface area contributed by atoms with Gasteiger partial charge in [0.15, 0.2) is 0 Å². The molecule has 0 fully saturated rings. The predicted molar refractivity (Wildman–Crippen MR) is 93.9 cm³/mol. The van der Waals surface area contributed by atoms with Crippen molar-refractivity contribution in [1.82, 2.24) is 0 Å². The minimum atomic E-state index is -0.727. The van der Waals surface area contributed by atoms with Crippen molar-refractivity contribution in [2.75, 3.05) is 5.32 Å². The maximum absolute atomic E-state index is 12.5. The number of halogens is 1. The normalized spacial score (nSPS) is 11.8. The van der Waals surface area contributed by atoms with Crippen LogP contribution in [0.3, 0.4) is 0 Å². The van der Waals surface area contributed by atoms with Gasteiger partial charge in [0.25, 0.3) is 0 Å². The summed E-state index contributed by atoms with van der Waals surface area (Å²) in [6.45, 7) is 5.44. The lowest BCUT2D eigenvalue weighted by molar-refractivity contribution is -0.129. The molecule has 0 aromatic heterocycles. The summed E-state index contributed by atoms with van der Waals surface area (Å²) >= 11 is 5.96. The molecule has 2 aromatic rings. The van der Waals surface area contributed by atoms with Gasteiger partial charge in [-0.05, 0) is 68.1 Å². The lowest BCUT2D eigenvalue weighted by Crippen LogP contribution is -2.30. The number of Topliss-reactive ketones (excluding diaryl/α,β-unsaturated/α-hetero) is 1. The molecule has 2 rings (SSSR count). The smallest absolute Gasteiger partial charge is 0.235 e. The second-order valence-electron chi connectivity index (χ2n) is 5.79. The summed E-state index contributed by atoms with van der Waals surface area (Å²) in [5.74, 6) is -1.18. The van der Waals surface area contributed by atoms with Gasteiger partial charge >= 0.3 is 0 Å². The molecule has 23 heavy (non-hydrogen) atoms. The fourth-order valence-corrected chi connectivity index (χ4v) is 2.58. The topological polar surface area (TPSA) is 46.2 Å². The highest BCUT2D eigenvalue weighted by Gasteiger charge is 2.24. The highest BCUT2D eigenvalue weighted by atomic mass is 35.5. The Balaban J connectivity index is 2.15. The van der Waals surface area contributed by atoms with Gasteiger partial charge in [0.2, 0.25) is 5.91 Å². The van der Waals surface area contributed by atoms with Crippen molar-refractivity contribution in [3.8, 4) is 0 Å². The Labute approximate surface area is 141 Å². The number of amides is 1. The highest BCUT2D eigenvalue weighted by molar-refractivity contribution is 6.30. The van der Waals surface area contributed by atoms with E-state index in [9.17, 15) is 9.59 Å². The zero-order chi connectivity index (χ0) is 17.0. The van der Waals surface area contributed by atoms with Crippen molar-refractivity contribution in [3.05, 3.63) is 64.2 Å². The fourth-order valence-electron chi connectivity index (χ4n) is 2.37. The first-order valence-corrected chi connectivity index (χ1v) is 7.87. The Hall–Kier alpha value is -2.13. The molecule has 0 radical (unpaired) electrons. The zero-order valence-electron chi connectivity index (χ0n) is 13.5. The third-order valence-corrected chi connectivity index (χ3v) is 4.15. The van der Waals surface area contributed by atoms with Crippen LogP contribution in [0, 0.1) is 19.8 Å². The van der Waals surface area contributed by atoms with E-state index in [2.05, 4.69) is 5.32 Å². The molecule has 2 aromatic carbocycles. The van der Waals surface area contributed by atoms with Gasteiger partial charge in [0, 0.05) is 10.7 Å². The molecule has 0 saturated heterocycles. The van der Waals surface area contributed by atoms with Gasteiger partial charge in [0.05, 0.1) is 0 Å². The molecule has 120 valence electrons. The van der Waals surface area contributed by atoms with Gasteiger partial charge in [-0.25, -0.2) is 0 Å². The maximum atomic E-state index is 12.5. The number of aryl methyl sites for hydroxylation is 2. The third-order valence-electron chi connectivity index (χ3n) is 3.91.